The van der Waals surface area contributed by atoms with Gasteiger partial charge in [0.1, 0.15) is 18.0 Å². The standard InChI is InChI=1S/C16H19FN4O/c1-11-12(2)19-10-20-16(11)21-6-5-13(8-21)9-22-15-4-3-14(17)7-18-15/h3-4,7,10,13H,5-6,8-9H2,1-2H3. The van der Waals surface area contributed by atoms with Crippen LogP contribution in [0.1, 0.15) is 17.7 Å². The van der Waals surface area contributed by atoms with Gasteiger partial charge in [-0.2, -0.15) is 0 Å². The van der Waals surface area contributed by atoms with Crippen LogP contribution in [0.4, 0.5) is 10.2 Å². The third-order valence-corrected chi connectivity index (χ3v) is 4.06. The molecular weight excluding hydrogens is 283 g/mol. The van der Waals surface area contributed by atoms with E-state index in [2.05, 4.69) is 26.8 Å². The van der Waals surface area contributed by atoms with Crippen LogP contribution in [-0.4, -0.2) is 34.6 Å². The summed E-state index contributed by atoms with van der Waals surface area (Å²) in [6.07, 6.45) is 3.83. The van der Waals surface area contributed by atoms with E-state index in [4.69, 9.17) is 4.74 Å². The molecule has 0 amide bonds. The van der Waals surface area contributed by atoms with Crippen LogP contribution in [0.25, 0.3) is 0 Å². The van der Waals surface area contributed by atoms with E-state index in [1.54, 1.807) is 12.4 Å². The van der Waals surface area contributed by atoms with Gasteiger partial charge in [0.25, 0.3) is 0 Å². The van der Waals surface area contributed by atoms with Gasteiger partial charge in [-0.25, -0.2) is 19.3 Å². The minimum absolute atomic E-state index is 0.353. The first-order valence-electron chi connectivity index (χ1n) is 7.41. The van der Waals surface area contributed by atoms with E-state index in [-0.39, 0.29) is 5.82 Å². The Hall–Kier alpha value is -2.24. The molecule has 1 aliphatic rings. The molecule has 116 valence electrons. The molecule has 1 aliphatic heterocycles. The number of hydrogen-bond donors (Lipinski definition) is 0. The topological polar surface area (TPSA) is 51.1 Å². The van der Waals surface area contributed by atoms with Crippen molar-refractivity contribution < 1.29 is 9.13 Å². The molecule has 1 fully saturated rings. The molecule has 2 aromatic heterocycles. The Labute approximate surface area is 129 Å². The Kier molecular flexibility index (Phi) is 4.18. The number of pyridine rings is 1. The van der Waals surface area contributed by atoms with Gasteiger partial charge in [0, 0.05) is 36.3 Å². The van der Waals surface area contributed by atoms with Crippen LogP contribution < -0.4 is 9.64 Å². The quantitative estimate of drug-likeness (QED) is 0.868. The normalized spacial score (nSPS) is 17.8. The third-order valence-electron chi connectivity index (χ3n) is 4.06. The van der Waals surface area contributed by atoms with Crippen LogP contribution in [0.3, 0.4) is 0 Å². The van der Waals surface area contributed by atoms with Crippen molar-refractivity contribution >= 4 is 5.82 Å². The van der Waals surface area contributed by atoms with Gasteiger partial charge in [0.2, 0.25) is 5.88 Å². The summed E-state index contributed by atoms with van der Waals surface area (Å²) >= 11 is 0. The molecule has 2 aromatic rings. The first-order valence-corrected chi connectivity index (χ1v) is 7.41. The summed E-state index contributed by atoms with van der Waals surface area (Å²) in [6.45, 7) is 6.49. The molecule has 0 N–H and O–H groups in total. The SMILES string of the molecule is Cc1ncnc(N2CCC(COc3ccc(F)cn3)C2)c1C. The summed E-state index contributed by atoms with van der Waals surface area (Å²) in [5.41, 5.74) is 2.14. The first-order chi connectivity index (χ1) is 10.6. The van der Waals surface area contributed by atoms with Gasteiger partial charge >= 0.3 is 0 Å². The number of aryl methyl sites for hydroxylation is 1. The first kappa shape index (κ1) is 14.7. The zero-order chi connectivity index (χ0) is 15.5. The van der Waals surface area contributed by atoms with E-state index in [9.17, 15) is 4.39 Å². The Bertz CT molecular complexity index is 647. The van der Waals surface area contributed by atoms with Crippen LogP contribution in [0, 0.1) is 25.6 Å². The number of halogens is 1. The molecule has 1 unspecified atom stereocenters. The molecule has 3 heterocycles. The summed E-state index contributed by atoms with van der Waals surface area (Å²) in [4.78, 5) is 14.8. The van der Waals surface area contributed by atoms with Crippen LogP contribution in [-0.2, 0) is 0 Å². The van der Waals surface area contributed by atoms with Gasteiger partial charge in [0.15, 0.2) is 0 Å². The molecule has 0 saturated carbocycles. The molecule has 1 atom stereocenters. The second kappa shape index (κ2) is 6.25. The Balaban J connectivity index is 1.58. The summed E-state index contributed by atoms with van der Waals surface area (Å²) in [5, 5.41) is 0. The average molecular weight is 302 g/mol. The third kappa shape index (κ3) is 3.16. The molecule has 5 nitrogen and oxygen atoms in total. The second-order valence-electron chi connectivity index (χ2n) is 5.63. The number of aromatic nitrogens is 3. The van der Waals surface area contributed by atoms with Gasteiger partial charge in [0.05, 0.1) is 12.8 Å². The van der Waals surface area contributed by atoms with Gasteiger partial charge < -0.3 is 9.64 Å². The fourth-order valence-corrected chi connectivity index (χ4v) is 2.66. The van der Waals surface area contributed by atoms with Crippen LogP contribution in [0.5, 0.6) is 5.88 Å². The molecule has 6 heteroatoms. The Morgan fingerprint density at radius 2 is 2.14 bits per heavy atom. The molecule has 3 rings (SSSR count). The summed E-state index contributed by atoms with van der Waals surface area (Å²) in [5.74, 6) is 1.54. The van der Waals surface area contributed by atoms with Crippen molar-refractivity contribution in [2.45, 2.75) is 20.3 Å². The highest BCUT2D eigenvalue weighted by molar-refractivity contribution is 5.48. The molecule has 0 bridgehead atoms. The fraction of sp³-hybridized carbons (Fsp3) is 0.438. The predicted octanol–water partition coefficient (Wildman–Crippen LogP) is 2.53. The maximum Gasteiger partial charge on any atom is 0.213 e. The highest BCUT2D eigenvalue weighted by Gasteiger charge is 2.25. The highest BCUT2D eigenvalue weighted by Crippen LogP contribution is 2.26. The van der Waals surface area contributed by atoms with Crippen molar-refractivity contribution in [1.29, 1.82) is 0 Å². The number of rotatable bonds is 4. The van der Waals surface area contributed by atoms with Crippen LogP contribution >= 0.6 is 0 Å². The monoisotopic (exact) mass is 302 g/mol. The average Bonchev–Trinajstić information content (AvgIpc) is 2.98. The van der Waals surface area contributed by atoms with E-state index in [1.165, 1.54) is 12.3 Å². The zero-order valence-electron chi connectivity index (χ0n) is 12.8. The van der Waals surface area contributed by atoms with Crippen molar-refractivity contribution in [2.75, 3.05) is 24.6 Å². The second-order valence-corrected chi connectivity index (χ2v) is 5.63. The summed E-state index contributed by atoms with van der Waals surface area (Å²) in [6, 6.07) is 2.91. The van der Waals surface area contributed by atoms with Crippen molar-refractivity contribution in [3.63, 3.8) is 0 Å². The Morgan fingerprint density at radius 3 is 2.91 bits per heavy atom. The lowest BCUT2D eigenvalue weighted by Gasteiger charge is -2.20. The highest BCUT2D eigenvalue weighted by atomic mass is 19.1. The minimum Gasteiger partial charge on any atom is -0.477 e. The number of hydrogen-bond acceptors (Lipinski definition) is 5. The molecule has 22 heavy (non-hydrogen) atoms. The van der Waals surface area contributed by atoms with Crippen molar-refractivity contribution in [3.8, 4) is 5.88 Å². The summed E-state index contributed by atoms with van der Waals surface area (Å²) in [7, 11) is 0. The molecule has 0 aromatic carbocycles. The zero-order valence-corrected chi connectivity index (χ0v) is 12.8. The van der Waals surface area contributed by atoms with E-state index in [0.717, 1.165) is 36.6 Å². The van der Waals surface area contributed by atoms with E-state index in [1.807, 2.05) is 6.92 Å². The van der Waals surface area contributed by atoms with Gasteiger partial charge in [-0.05, 0) is 26.3 Å². The smallest absolute Gasteiger partial charge is 0.213 e. The minimum atomic E-state index is -0.353. The fourth-order valence-electron chi connectivity index (χ4n) is 2.66. The Morgan fingerprint density at radius 1 is 1.27 bits per heavy atom. The van der Waals surface area contributed by atoms with E-state index < -0.39 is 0 Å². The number of ether oxygens (including phenoxy) is 1. The van der Waals surface area contributed by atoms with Crippen LogP contribution in [0.15, 0.2) is 24.7 Å². The van der Waals surface area contributed by atoms with Crippen LogP contribution in [0.2, 0.25) is 0 Å². The molecule has 0 radical (unpaired) electrons. The van der Waals surface area contributed by atoms with E-state index >= 15 is 0 Å². The maximum atomic E-state index is 12.8. The largest absolute Gasteiger partial charge is 0.477 e. The molecule has 1 saturated heterocycles. The summed E-state index contributed by atoms with van der Waals surface area (Å²) < 4.78 is 18.4. The lowest BCUT2D eigenvalue weighted by molar-refractivity contribution is 0.251. The lowest BCUT2D eigenvalue weighted by Crippen LogP contribution is -2.24. The van der Waals surface area contributed by atoms with Gasteiger partial charge in [-0.1, -0.05) is 0 Å². The number of anilines is 1. The van der Waals surface area contributed by atoms with E-state index in [0.29, 0.717) is 18.4 Å². The maximum absolute atomic E-state index is 12.8. The molecule has 0 aliphatic carbocycles. The van der Waals surface area contributed by atoms with Gasteiger partial charge in [-0.3, -0.25) is 0 Å². The van der Waals surface area contributed by atoms with Crippen molar-refractivity contribution in [3.05, 3.63) is 41.7 Å². The lowest BCUT2D eigenvalue weighted by atomic mass is 10.1. The van der Waals surface area contributed by atoms with Crippen molar-refractivity contribution in [2.24, 2.45) is 5.92 Å². The molecule has 0 spiro atoms. The predicted molar refractivity (Wildman–Crippen MR) is 81.5 cm³/mol. The molecular formula is C16H19FN4O. The van der Waals surface area contributed by atoms with Gasteiger partial charge in [-0.15, -0.1) is 0 Å². The van der Waals surface area contributed by atoms with Crippen molar-refractivity contribution in [1.82, 2.24) is 15.0 Å². The number of nitrogens with zero attached hydrogens (tertiary/aromatic N) is 4.